The van der Waals surface area contributed by atoms with Crippen molar-refractivity contribution in [1.29, 1.82) is 0 Å². The predicted molar refractivity (Wildman–Crippen MR) is 122 cm³/mol. The molecular weight excluding hydrogens is 658 g/mol. The van der Waals surface area contributed by atoms with Gasteiger partial charge in [0.05, 0.1) is 14.7 Å². The maximum absolute atomic E-state index is 10.3. The fourth-order valence-corrected chi connectivity index (χ4v) is 3.31. The van der Waals surface area contributed by atoms with Gasteiger partial charge in [0.2, 0.25) is 0 Å². The van der Waals surface area contributed by atoms with Crippen LogP contribution in [-0.2, 0) is 64.5 Å². The van der Waals surface area contributed by atoms with E-state index in [2.05, 4.69) is 0 Å². The second-order valence-corrected chi connectivity index (χ2v) is 10.2. The van der Waals surface area contributed by atoms with Crippen molar-refractivity contribution in [2.24, 2.45) is 0 Å². The largest absolute Gasteiger partial charge is 3.00 e. The van der Waals surface area contributed by atoms with Crippen molar-refractivity contribution in [2.45, 2.75) is 14.7 Å². The van der Waals surface area contributed by atoms with Crippen molar-refractivity contribution < 1.29 is 89.5 Å². The monoisotopic (exact) mass is 679 g/mol. The Balaban J connectivity index is -0.000000134. The van der Waals surface area contributed by atoms with Crippen LogP contribution in [0.5, 0.6) is 0 Å². The molecule has 0 saturated heterocycles. The first-order valence-corrected chi connectivity index (χ1v) is 12.7. The molecule has 20 heteroatoms. The number of rotatable bonds is 3. The maximum Gasteiger partial charge on any atom is 3.00 e. The van der Waals surface area contributed by atoms with Crippen molar-refractivity contribution >= 4 is 47.4 Å². The molecule has 0 bridgehead atoms. The van der Waals surface area contributed by atoms with E-state index in [9.17, 15) is 38.9 Å². The SMILES string of the molecule is Nc1ccc(S(=O)(=O)[O-])cc1.Nc1ccc(S(=O)(=O)[O-])cc1.Nc1ccc(S(=O)(=O)[O-])cc1.[Fe+3].[Fe+3].[OH-].[OH-].[OH-]. The second-order valence-electron chi connectivity index (χ2n) is 6.07. The topological polar surface area (TPSA) is 340 Å². The molecule has 38 heavy (non-hydrogen) atoms. The zero-order valence-electron chi connectivity index (χ0n) is 18.6. The van der Waals surface area contributed by atoms with Crippen LogP contribution < -0.4 is 17.2 Å². The van der Waals surface area contributed by atoms with Gasteiger partial charge in [-0.2, -0.15) is 0 Å². The number of anilines is 3. The van der Waals surface area contributed by atoms with Gasteiger partial charge in [-0.3, -0.25) is 0 Å². The van der Waals surface area contributed by atoms with Gasteiger partial charge in [-0.15, -0.1) is 0 Å². The smallest absolute Gasteiger partial charge is 0.870 e. The minimum atomic E-state index is -4.33. The van der Waals surface area contributed by atoms with Crippen LogP contribution in [0.25, 0.3) is 0 Å². The third-order valence-corrected chi connectivity index (χ3v) is 6.05. The third kappa shape index (κ3) is 17.3. The molecule has 0 aliphatic rings. The van der Waals surface area contributed by atoms with Gasteiger partial charge in [-0.25, -0.2) is 25.3 Å². The minimum Gasteiger partial charge on any atom is -0.870 e. The van der Waals surface area contributed by atoms with Crippen molar-refractivity contribution in [2.75, 3.05) is 17.2 Å². The minimum absolute atomic E-state index is 0. The Morgan fingerprint density at radius 3 is 0.632 bits per heavy atom. The van der Waals surface area contributed by atoms with Crippen LogP contribution in [-0.4, -0.2) is 55.3 Å². The summed E-state index contributed by atoms with van der Waals surface area (Å²) in [5.41, 5.74) is 17.1. The van der Waals surface area contributed by atoms with Crippen LogP contribution in [0.2, 0.25) is 0 Å². The molecule has 214 valence electrons. The molecule has 0 fully saturated rings. The first-order chi connectivity index (χ1) is 15.0. The Labute approximate surface area is 240 Å². The molecule has 0 atom stereocenters. The first kappa shape index (κ1) is 45.6. The summed E-state index contributed by atoms with van der Waals surface area (Å²) < 4.78 is 93.1. The number of nitrogens with two attached hydrogens (primary N) is 3. The Hall–Kier alpha value is -2.29. The summed E-state index contributed by atoms with van der Waals surface area (Å²) in [6, 6.07) is 15.3. The summed E-state index contributed by atoms with van der Waals surface area (Å²) in [5.74, 6) is 0. The van der Waals surface area contributed by atoms with Gasteiger partial charge in [-0.1, -0.05) is 0 Å². The van der Waals surface area contributed by atoms with E-state index in [4.69, 9.17) is 17.2 Å². The number of benzene rings is 3. The fraction of sp³-hybridized carbons (Fsp3) is 0. The molecule has 0 heterocycles. The van der Waals surface area contributed by atoms with Crippen LogP contribution in [0.4, 0.5) is 17.1 Å². The van der Waals surface area contributed by atoms with Crippen LogP contribution >= 0.6 is 0 Å². The summed E-state index contributed by atoms with van der Waals surface area (Å²) >= 11 is 0. The molecule has 0 amide bonds. The summed E-state index contributed by atoms with van der Waals surface area (Å²) in [7, 11) is -13.0. The molecule has 0 saturated carbocycles. The van der Waals surface area contributed by atoms with E-state index < -0.39 is 30.4 Å². The Morgan fingerprint density at radius 1 is 0.395 bits per heavy atom. The van der Waals surface area contributed by atoms with E-state index in [1.165, 1.54) is 72.8 Å². The molecule has 0 aliphatic carbocycles. The predicted octanol–water partition coefficient (Wildman–Crippen LogP) is -0.0167. The molecule has 0 aliphatic heterocycles. The average molecular weight is 679 g/mol. The van der Waals surface area contributed by atoms with Gasteiger partial charge in [-0.05, 0) is 72.8 Å². The second kappa shape index (κ2) is 18.9. The Morgan fingerprint density at radius 2 is 0.526 bits per heavy atom. The molecule has 9 N–H and O–H groups in total. The summed E-state index contributed by atoms with van der Waals surface area (Å²) in [6.07, 6.45) is 0. The van der Waals surface area contributed by atoms with Crippen molar-refractivity contribution in [1.82, 2.24) is 0 Å². The Bertz CT molecular complexity index is 1210. The van der Waals surface area contributed by atoms with Gasteiger partial charge >= 0.3 is 34.1 Å². The summed E-state index contributed by atoms with van der Waals surface area (Å²) in [4.78, 5) is -0.773. The molecular formula is C18H21Fe2N3O12S3. The van der Waals surface area contributed by atoms with Crippen LogP contribution in [0.15, 0.2) is 87.5 Å². The summed E-state index contributed by atoms with van der Waals surface area (Å²) in [5, 5.41) is 0. The van der Waals surface area contributed by atoms with Gasteiger partial charge in [0.1, 0.15) is 30.4 Å². The quantitative estimate of drug-likeness (QED) is 0.186. The first-order valence-electron chi connectivity index (χ1n) is 8.44. The molecule has 0 spiro atoms. The standard InChI is InChI=1S/3C6H7NO3S.2Fe.3H2O/c3*7-5-1-3-6(4-2-5)11(8,9)10;;;;;/h3*1-4H,7H2,(H,8,9,10);;;3*1H2/q;;;2*+3;;;/p-6. The Kier molecular flexibility index (Phi) is 22.7. The van der Waals surface area contributed by atoms with Gasteiger partial charge < -0.3 is 47.3 Å². The van der Waals surface area contributed by atoms with Crippen molar-refractivity contribution in [3.8, 4) is 0 Å². The normalized spacial score (nSPS) is 9.87. The fourth-order valence-electron chi connectivity index (χ4n) is 1.90. The maximum atomic E-state index is 10.3. The average Bonchev–Trinajstić information content (AvgIpc) is 2.68. The van der Waals surface area contributed by atoms with Crippen LogP contribution in [0.1, 0.15) is 0 Å². The molecule has 3 aromatic rings. The van der Waals surface area contributed by atoms with E-state index in [1.54, 1.807) is 0 Å². The van der Waals surface area contributed by atoms with Crippen molar-refractivity contribution in [3.63, 3.8) is 0 Å². The number of nitrogen functional groups attached to an aromatic ring is 3. The van der Waals surface area contributed by atoms with Crippen LogP contribution in [0, 0.1) is 0 Å². The van der Waals surface area contributed by atoms with Gasteiger partial charge in [0.15, 0.2) is 0 Å². The van der Waals surface area contributed by atoms with E-state index in [1.807, 2.05) is 0 Å². The van der Waals surface area contributed by atoms with Crippen molar-refractivity contribution in [3.05, 3.63) is 72.8 Å². The molecule has 2 radical (unpaired) electrons. The molecule has 0 unspecified atom stereocenters. The zero-order chi connectivity index (χ0) is 25.4. The van der Waals surface area contributed by atoms with Gasteiger partial charge in [0.25, 0.3) is 0 Å². The van der Waals surface area contributed by atoms with E-state index in [-0.39, 0.29) is 65.3 Å². The molecule has 15 nitrogen and oxygen atoms in total. The zero-order valence-corrected chi connectivity index (χ0v) is 23.3. The molecule has 0 aromatic heterocycles. The van der Waals surface area contributed by atoms with E-state index >= 15 is 0 Å². The third-order valence-electron chi connectivity index (χ3n) is 3.51. The number of hydrogen-bond donors (Lipinski definition) is 3. The van der Waals surface area contributed by atoms with Crippen LogP contribution in [0.3, 0.4) is 0 Å². The number of hydrogen-bond acceptors (Lipinski definition) is 15. The molecule has 3 aromatic carbocycles. The summed E-state index contributed by atoms with van der Waals surface area (Å²) in [6.45, 7) is 0. The molecule has 3 rings (SSSR count). The van der Waals surface area contributed by atoms with E-state index in [0.29, 0.717) is 17.1 Å². The van der Waals surface area contributed by atoms with Gasteiger partial charge in [0, 0.05) is 17.1 Å². The van der Waals surface area contributed by atoms with E-state index in [0.717, 1.165) is 0 Å².